The monoisotopic (exact) mass is 301 g/mol. The van der Waals surface area contributed by atoms with Gasteiger partial charge in [-0.15, -0.1) is 11.3 Å². The molecule has 3 rings (SSSR count). The summed E-state index contributed by atoms with van der Waals surface area (Å²) in [5.41, 5.74) is 1.18. The second-order valence-electron chi connectivity index (χ2n) is 4.23. The number of carbonyl (C=O) groups excluding carboxylic acids is 1. The smallest absolute Gasteiger partial charge is 0.160 e. The zero-order valence-corrected chi connectivity index (χ0v) is 12.6. The molecule has 2 heterocycles. The molecule has 0 saturated heterocycles. The normalized spacial score (nSPS) is 9.86. The molecular formula is C16H15NO3S. The molecule has 0 fully saturated rings. The highest BCUT2D eigenvalue weighted by Crippen LogP contribution is 2.33. The third kappa shape index (κ3) is 3.45. The number of pyridine rings is 1. The predicted octanol–water partition coefficient (Wildman–Crippen LogP) is 3.82. The minimum absolute atomic E-state index is 0.672. The minimum Gasteiger partial charge on any atom is -0.455 e. The maximum absolute atomic E-state index is 10.8. The summed E-state index contributed by atoms with van der Waals surface area (Å²) in [6.45, 7) is 2.03. The summed E-state index contributed by atoms with van der Waals surface area (Å²) < 4.78 is 6.78. The van der Waals surface area contributed by atoms with Crippen LogP contribution in [0.5, 0.6) is 11.5 Å². The molecule has 0 bridgehead atoms. The quantitative estimate of drug-likeness (QED) is 0.747. The van der Waals surface area contributed by atoms with Crippen molar-refractivity contribution in [1.29, 1.82) is 0 Å². The van der Waals surface area contributed by atoms with Crippen LogP contribution in [-0.2, 0) is 0 Å². The van der Waals surface area contributed by atoms with Crippen molar-refractivity contribution in [2.45, 2.75) is 6.92 Å². The Bertz CT molecular complexity index is 735. The van der Waals surface area contributed by atoms with Crippen LogP contribution >= 0.6 is 11.3 Å². The molecule has 4 nitrogen and oxygen atoms in total. The largest absolute Gasteiger partial charge is 0.455 e. The summed E-state index contributed by atoms with van der Waals surface area (Å²) >= 11 is 1.41. The average molecular weight is 301 g/mol. The number of aromatic nitrogens is 1. The molecule has 0 amide bonds. The van der Waals surface area contributed by atoms with Crippen molar-refractivity contribution in [2.75, 3.05) is 7.11 Å². The third-order valence-electron chi connectivity index (χ3n) is 2.79. The number of rotatable bonds is 3. The predicted molar refractivity (Wildman–Crippen MR) is 84.4 cm³/mol. The van der Waals surface area contributed by atoms with E-state index < -0.39 is 0 Å². The van der Waals surface area contributed by atoms with E-state index in [9.17, 15) is 4.79 Å². The SMILES string of the molecule is CO.Cc1ccc(Oc2cncc3sc(C=O)cc23)cc1. The maximum Gasteiger partial charge on any atom is 0.160 e. The molecule has 0 saturated carbocycles. The molecule has 108 valence electrons. The number of aldehydes is 1. The van der Waals surface area contributed by atoms with E-state index in [1.165, 1.54) is 16.9 Å². The highest BCUT2D eigenvalue weighted by molar-refractivity contribution is 7.20. The van der Waals surface area contributed by atoms with Gasteiger partial charge in [0.2, 0.25) is 0 Å². The van der Waals surface area contributed by atoms with Crippen LogP contribution in [0.25, 0.3) is 10.1 Å². The van der Waals surface area contributed by atoms with Crippen LogP contribution in [0, 0.1) is 6.92 Å². The Kier molecular flexibility index (Phi) is 5.03. The Hall–Kier alpha value is -2.24. The third-order valence-corrected chi connectivity index (χ3v) is 3.79. The second-order valence-corrected chi connectivity index (χ2v) is 5.35. The van der Waals surface area contributed by atoms with Crippen LogP contribution in [0.4, 0.5) is 0 Å². The van der Waals surface area contributed by atoms with Gasteiger partial charge in [-0.05, 0) is 25.1 Å². The van der Waals surface area contributed by atoms with Crippen molar-refractivity contribution in [3.63, 3.8) is 0 Å². The van der Waals surface area contributed by atoms with Crippen molar-refractivity contribution in [1.82, 2.24) is 4.98 Å². The number of hydrogen-bond donors (Lipinski definition) is 1. The topological polar surface area (TPSA) is 59.4 Å². The molecular weight excluding hydrogens is 286 g/mol. The van der Waals surface area contributed by atoms with Gasteiger partial charge in [-0.1, -0.05) is 17.7 Å². The molecule has 0 aliphatic heterocycles. The number of hydrogen-bond acceptors (Lipinski definition) is 5. The summed E-state index contributed by atoms with van der Waals surface area (Å²) in [6, 6.07) is 9.65. The zero-order chi connectivity index (χ0) is 15.2. The second kappa shape index (κ2) is 6.97. The van der Waals surface area contributed by atoms with E-state index in [0.29, 0.717) is 10.6 Å². The average Bonchev–Trinajstić information content (AvgIpc) is 2.96. The molecule has 0 aliphatic rings. The van der Waals surface area contributed by atoms with Gasteiger partial charge in [-0.3, -0.25) is 9.78 Å². The van der Waals surface area contributed by atoms with E-state index >= 15 is 0 Å². The highest BCUT2D eigenvalue weighted by Gasteiger charge is 2.08. The molecule has 21 heavy (non-hydrogen) atoms. The van der Waals surface area contributed by atoms with Crippen molar-refractivity contribution in [2.24, 2.45) is 0 Å². The fourth-order valence-electron chi connectivity index (χ4n) is 1.83. The van der Waals surface area contributed by atoms with Crippen LogP contribution in [-0.4, -0.2) is 23.5 Å². The summed E-state index contributed by atoms with van der Waals surface area (Å²) in [5, 5.41) is 7.92. The number of thiophene rings is 1. The Morgan fingerprint density at radius 2 is 1.90 bits per heavy atom. The number of fused-ring (bicyclic) bond motifs is 1. The van der Waals surface area contributed by atoms with Crippen molar-refractivity contribution in [3.8, 4) is 11.5 Å². The van der Waals surface area contributed by atoms with Gasteiger partial charge >= 0.3 is 0 Å². The molecule has 5 heteroatoms. The van der Waals surface area contributed by atoms with Crippen LogP contribution in [0.2, 0.25) is 0 Å². The molecule has 0 radical (unpaired) electrons. The minimum atomic E-state index is 0.672. The Labute approximate surface area is 126 Å². The van der Waals surface area contributed by atoms with Crippen molar-refractivity contribution >= 4 is 27.7 Å². The lowest BCUT2D eigenvalue weighted by Gasteiger charge is -2.06. The maximum atomic E-state index is 10.8. The fraction of sp³-hybridized carbons (Fsp3) is 0.125. The first-order chi connectivity index (χ1) is 10.3. The Morgan fingerprint density at radius 1 is 1.19 bits per heavy atom. The number of aliphatic hydroxyl groups excluding tert-OH is 1. The first kappa shape index (κ1) is 15.2. The number of nitrogens with zero attached hydrogens (tertiary/aromatic N) is 1. The number of ether oxygens (including phenoxy) is 1. The summed E-state index contributed by atoms with van der Waals surface area (Å²) in [7, 11) is 1.00. The van der Waals surface area contributed by atoms with Crippen LogP contribution < -0.4 is 4.74 Å². The lowest BCUT2D eigenvalue weighted by atomic mass is 10.2. The van der Waals surface area contributed by atoms with Crippen LogP contribution in [0.15, 0.2) is 42.7 Å². The molecule has 0 atom stereocenters. The standard InChI is InChI=1S/C15H11NO2S.CH4O/c1-10-2-4-11(5-3-10)18-14-7-16-8-15-13(14)6-12(9-17)19-15;1-2/h2-9H,1H3;2H,1H3. The molecule has 1 aromatic carbocycles. The van der Waals surface area contributed by atoms with Gasteiger partial charge in [0, 0.05) is 18.7 Å². The Balaban J connectivity index is 0.000000774. The molecule has 0 unspecified atom stereocenters. The highest BCUT2D eigenvalue weighted by atomic mass is 32.1. The molecule has 2 aromatic heterocycles. The lowest BCUT2D eigenvalue weighted by molar-refractivity contribution is 0.112. The van der Waals surface area contributed by atoms with Gasteiger partial charge in [-0.2, -0.15) is 0 Å². The number of aliphatic hydroxyl groups is 1. The van der Waals surface area contributed by atoms with Gasteiger partial charge in [-0.25, -0.2) is 0 Å². The first-order valence-electron chi connectivity index (χ1n) is 6.28. The van der Waals surface area contributed by atoms with Crippen LogP contribution in [0.3, 0.4) is 0 Å². The van der Waals surface area contributed by atoms with Gasteiger partial charge in [0.05, 0.1) is 15.8 Å². The Morgan fingerprint density at radius 3 is 2.57 bits per heavy atom. The number of benzene rings is 1. The number of aryl methyl sites for hydroxylation is 1. The molecule has 0 aliphatic carbocycles. The summed E-state index contributed by atoms with van der Waals surface area (Å²) in [4.78, 5) is 15.7. The van der Waals surface area contributed by atoms with Crippen LogP contribution in [0.1, 0.15) is 15.2 Å². The van der Waals surface area contributed by atoms with E-state index in [4.69, 9.17) is 9.84 Å². The zero-order valence-electron chi connectivity index (χ0n) is 11.7. The molecule has 1 N–H and O–H groups in total. The van der Waals surface area contributed by atoms with Gasteiger partial charge < -0.3 is 9.84 Å². The number of carbonyl (C=O) groups is 1. The molecule has 3 aromatic rings. The van der Waals surface area contributed by atoms with E-state index in [0.717, 1.165) is 29.2 Å². The first-order valence-corrected chi connectivity index (χ1v) is 7.10. The fourth-order valence-corrected chi connectivity index (χ4v) is 2.69. The van der Waals surface area contributed by atoms with Gasteiger partial charge in [0.1, 0.15) is 5.75 Å². The van der Waals surface area contributed by atoms with Crippen molar-refractivity contribution in [3.05, 3.63) is 53.2 Å². The summed E-state index contributed by atoms with van der Waals surface area (Å²) in [6.07, 6.45) is 4.26. The van der Waals surface area contributed by atoms with E-state index in [-0.39, 0.29) is 0 Å². The van der Waals surface area contributed by atoms with Gasteiger partial charge in [0.25, 0.3) is 0 Å². The van der Waals surface area contributed by atoms with E-state index in [1.54, 1.807) is 12.4 Å². The van der Waals surface area contributed by atoms with E-state index in [2.05, 4.69) is 4.98 Å². The molecule has 0 spiro atoms. The lowest BCUT2D eigenvalue weighted by Crippen LogP contribution is -1.85. The summed E-state index contributed by atoms with van der Waals surface area (Å²) in [5.74, 6) is 1.43. The van der Waals surface area contributed by atoms with Crippen molar-refractivity contribution < 1.29 is 14.6 Å². The van der Waals surface area contributed by atoms with Gasteiger partial charge in [0.15, 0.2) is 12.0 Å². The van der Waals surface area contributed by atoms with E-state index in [1.807, 2.05) is 37.3 Å².